The Bertz CT molecular complexity index is 758. The number of nitrogens with one attached hydrogen (secondary N) is 2. The van der Waals surface area contributed by atoms with E-state index in [0.717, 1.165) is 30.9 Å². The van der Waals surface area contributed by atoms with Crippen LogP contribution in [0.3, 0.4) is 0 Å². The molecule has 2 rings (SSSR count). The highest BCUT2D eigenvalue weighted by Gasteiger charge is 2.30. The molecule has 158 valence electrons. The maximum atomic E-state index is 12.2. The third kappa shape index (κ3) is 8.03. The molecule has 0 aliphatic rings. The maximum absolute atomic E-state index is 12.2. The fourth-order valence-corrected chi connectivity index (χ4v) is 2.72. The number of carbonyl (C=O) groups excluding carboxylic acids is 1. The second-order valence-electron chi connectivity index (χ2n) is 6.41. The van der Waals surface area contributed by atoms with E-state index in [2.05, 4.69) is 34.1 Å². The molecule has 2 aromatic carbocycles. The molecule has 0 saturated heterocycles. The zero-order valence-electron chi connectivity index (χ0n) is 16.6. The average molecular weight is 409 g/mol. The highest BCUT2D eigenvalue weighted by molar-refractivity contribution is 5.94. The first kappa shape index (κ1) is 22.5. The smallest absolute Gasteiger partial charge is 0.406 e. The van der Waals surface area contributed by atoms with E-state index in [-0.39, 0.29) is 11.7 Å². The highest BCUT2D eigenvalue weighted by Crippen LogP contribution is 2.23. The Balaban J connectivity index is 1.80. The number of benzene rings is 2. The first-order valence-corrected chi connectivity index (χ1v) is 9.50. The molecule has 0 heterocycles. The van der Waals surface area contributed by atoms with Crippen LogP contribution in [0.25, 0.3) is 0 Å². The lowest BCUT2D eigenvalue weighted by molar-refractivity contribution is -0.274. The van der Waals surface area contributed by atoms with Crippen LogP contribution in [-0.2, 0) is 6.54 Å². The Labute approximate surface area is 168 Å². The molecule has 0 fully saturated rings. The number of ether oxygens (including phenoxy) is 1. The summed E-state index contributed by atoms with van der Waals surface area (Å²) < 4.78 is 40.4. The molecule has 29 heavy (non-hydrogen) atoms. The maximum Gasteiger partial charge on any atom is 0.573 e. The number of likely N-dealkylation sites (N-methyl/N-ethyl adjacent to an activating group) is 1. The van der Waals surface area contributed by atoms with Gasteiger partial charge in [-0.05, 0) is 55.1 Å². The van der Waals surface area contributed by atoms with Crippen molar-refractivity contribution in [3.8, 4) is 5.75 Å². The van der Waals surface area contributed by atoms with Crippen molar-refractivity contribution in [3.05, 3.63) is 59.7 Å². The number of hydrogen-bond acceptors (Lipinski definition) is 4. The summed E-state index contributed by atoms with van der Waals surface area (Å²) in [6.07, 6.45) is -4.70. The van der Waals surface area contributed by atoms with Crippen molar-refractivity contribution in [1.82, 2.24) is 10.2 Å². The van der Waals surface area contributed by atoms with Crippen molar-refractivity contribution < 1.29 is 22.7 Å². The molecular weight excluding hydrogens is 383 g/mol. The van der Waals surface area contributed by atoms with Crippen molar-refractivity contribution >= 4 is 11.6 Å². The van der Waals surface area contributed by atoms with Gasteiger partial charge in [0, 0.05) is 30.9 Å². The van der Waals surface area contributed by atoms with Crippen LogP contribution < -0.4 is 15.4 Å². The highest BCUT2D eigenvalue weighted by atomic mass is 19.4. The van der Waals surface area contributed by atoms with Crippen molar-refractivity contribution in [2.75, 3.05) is 31.5 Å². The van der Waals surface area contributed by atoms with E-state index in [4.69, 9.17) is 0 Å². The molecule has 8 heteroatoms. The predicted octanol–water partition coefficient (Wildman–Crippen LogP) is 4.27. The largest absolute Gasteiger partial charge is 0.573 e. The summed E-state index contributed by atoms with van der Waals surface area (Å²) in [7, 11) is 0. The van der Waals surface area contributed by atoms with E-state index in [1.54, 1.807) is 36.4 Å². The van der Waals surface area contributed by atoms with Gasteiger partial charge in [0.2, 0.25) is 0 Å². The second-order valence-corrected chi connectivity index (χ2v) is 6.41. The van der Waals surface area contributed by atoms with Gasteiger partial charge in [-0.25, -0.2) is 0 Å². The number of alkyl halides is 3. The van der Waals surface area contributed by atoms with Crippen LogP contribution in [0.4, 0.5) is 18.9 Å². The van der Waals surface area contributed by atoms with Crippen LogP contribution in [0.15, 0.2) is 48.5 Å². The summed E-state index contributed by atoms with van der Waals surface area (Å²) in [6.45, 7) is 7.90. The minimum atomic E-state index is -4.70. The normalized spacial score (nSPS) is 11.4. The first-order valence-electron chi connectivity index (χ1n) is 9.50. The number of nitrogens with zero attached hydrogens (tertiary/aromatic N) is 1. The number of amides is 1. The van der Waals surface area contributed by atoms with Gasteiger partial charge < -0.3 is 20.3 Å². The van der Waals surface area contributed by atoms with Crippen LogP contribution >= 0.6 is 0 Å². The van der Waals surface area contributed by atoms with Crippen molar-refractivity contribution in [2.24, 2.45) is 0 Å². The molecule has 0 atom stereocenters. The molecule has 1 amide bonds. The SMILES string of the molecule is CCN(CC)CCNC(=O)c1ccc(NCc2ccc(OC(F)(F)F)cc2)cc1. The van der Waals surface area contributed by atoms with E-state index >= 15 is 0 Å². The van der Waals surface area contributed by atoms with Crippen LogP contribution in [-0.4, -0.2) is 43.3 Å². The lowest BCUT2D eigenvalue weighted by Crippen LogP contribution is -2.34. The topological polar surface area (TPSA) is 53.6 Å². The molecule has 0 aliphatic carbocycles. The van der Waals surface area contributed by atoms with Gasteiger partial charge in [-0.1, -0.05) is 26.0 Å². The molecule has 0 bridgehead atoms. The van der Waals surface area contributed by atoms with Crippen LogP contribution in [0, 0.1) is 0 Å². The van der Waals surface area contributed by atoms with Gasteiger partial charge in [0.1, 0.15) is 5.75 Å². The predicted molar refractivity (Wildman–Crippen MR) is 107 cm³/mol. The molecular formula is C21H26F3N3O2. The Kier molecular flexibility index (Phi) is 8.33. The van der Waals surface area contributed by atoms with Crippen LogP contribution in [0.2, 0.25) is 0 Å². The molecule has 0 unspecified atom stereocenters. The molecule has 2 aromatic rings. The molecule has 0 spiro atoms. The van der Waals surface area contributed by atoms with E-state index < -0.39 is 6.36 Å². The monoisotopic (exact) mass is 409 g/mol. The van der Waals surface area contributed by atoms with Crippen molar-refractivity contribution in [3.63, 3.8) is 0 Å². The quantitative estimate of drug-likeness (QED) is 0.615. The lowest BCUT2D eigenvalue weighted by Gasteiger charge is -2.18. The summed E-state index contributed by atoms with van der Waals surface area (Å²) in [5.41, 5.74) is 2.18. The Morgan fingerprint density at radius 3 is 2.17 bits per heavy atom. The molecule has 2 N–H and O–H groups in total. The van der Waals surface area contributed by atoms with Crippen LogP contribution in [0.1, 0.15) is 29.8 Å². The van der Waals surface area contributed by atoms with E-state index in [0.29, 0.717) is 18.7 Å². The number of carbonyl (C=O) groups is 1. The number of anilines is 1. The van der Waals surface area contributed by atoms with Gasteiger partial charge in [0.05, 0.1) is 0 Å². The Morgan fingerprint density at radius 1 is 1.00 bits per heavy atom. The molecule has 0 saturated carbocycles. The Hall–Kier alpha value is -2.74. The van der Waals surface area contributed by atoms with Crippen molar-refractivity contribution in [1.29, 1.82) is 0 Å². The fourth-order valence-electron chi connectivity index (χ4n) is 2.72. The van der Waals surface area contributed by atoms with Gasteiger partial charge in [-0.15, -0.1) is 13.2 Å². The lowest BCUT2D eigenvalue weighted by atomic mass is 10.1. The number of hydrogen-bond donors (Lipinski definition) is 2. The zero-order chi connectivity index (χ0) is 21.3. The summed E-state index contributed by atoms with van der Waals surface area (Å²) in [4.78, 5) is 14.4. The van der Waals surface area contributed by atoms with E-state index in [9.17, 15) is 18.0 Å². The van der Waals surface area contributed by atoms with Gasteiger partial charge in [0.15, 0.2) is 0 Å². The first-order chi connectivity index (χ1) is 13.8. The third-order valence-electron chi connectivity index (χ3n) is 4.41. The number of rotatable bonds is 10. The molecule has 0 radical (unpaired) electrons. The fraction of sp³-hybridized carbons (Fsp3) is 0.381. The van der Waals surface area contributed by atoms with Crippen molar-refractivity contribution in [2.45, 2.75) is 26.8 Å². The second kappa shape index (κ2) is 10.7. The minimum Gasteiger partial charge on any atom is -0.406 e. The van der Waals surface area contributed by atoms with Gasteiger partial charge in [-0.2, -0.15) is 0 Å². The standard InChI is InChI=1S/C21H26F3N3O2/c1-3-27(4-2)14-13-25-20(28)17-7-9-18(10-8-17)26-15-16-5-11-19(12-6-16)29-21(22,23)24/h5-12,26H,3-4,13-15H2,1-2H3,(H,25,28). The van der Waals surface area contributed by atoms with E-state index in [1.807, 2.05) is 0 Å². The summed E-state index contributed by atoms with van der Waals surface area (Å²) in [5.74, 6) is -0.374. The molecule has 0 aromatic heterocycles. The average Bonchev–Trinajstić information content (AvgIpc) is 2.70. The van der Waals surface area contributed by atoms with Gasteiger partial charge in [0.25, 0.3) is 5.91 Å². The summed E-state index contributed by atoms with van der Waals surface area (Å²) in [5, 5.41) is 6.07. The third-order valence-corrected chi connectivity index (χ3v) is 4.41. The van der Waals surface area contributed by atoms with E-state index in [1.165, 1.54) is 12.1 Å². The number of halogens is 3. The molecule has 0 aliphatic heterocycles. The minimum absolute atomic E-state index is 0.121. The Morgan fingerprint density at radius 2 is 1.62 bits per heavy atom. The van der Waals surface area contributed by atoms with Crippen LogP contribution in [0.5, 0.6) is 5.75 Å². The van der Waals surface area contributed by atoms with Gasteiger partial charge >= 0.3 is 6.36 Å². The molecule has 5 nitrogen and oxygen atoms in total. The zero-order valence-corrected chi connectivity index (χ0v) is 16.6. The van der Waals surface area contributed by atoms with Gasteiger partial charge in [-0.3, -0.25) is 4.79 Å². The summed E-state index contributed by atoms with van der Waals surface area (Å²) in [6, 6.07) is 12.7. The summed E-state index contributed by atoms with van der Waals surface area (Å²) >= 11 is 0.